The number of likely N-dealkylation sites (tertiary alicyclic amines) is 1. The molecule has 8 heteroatoms. The molecule has 0 aromatic carbocycles. The summed E-state index contributed by atoms with van der Waals surface area (Å²) in [6, 6.07) is 5.18. The molecule has 4 heterocycles. The SMILES string of the molecule is O=C(NCc1ccco1)C1CCCN1C(=O)c1ccn(C2CCCNC2)n1. The highest BCUT2D eigenvalue weighted by molar-refractivity contribution is 5.96. The van der Waals surface area contributed by atoms with Crippen LogP contribution in [-0.4, -0.2) is 52.2 Å². The van der Waals surface area contributed by atoms with Gasteiger partial charge in [-0.05, 0) is 50.4 Å². The highest BCUT2D eigenvalue weighted by Crippen LogP contribution is 2.21. The molecule has 2 aliphatic rings. The molecular weight excluding hydrogens is 346 g/mol. The third-order valence-corrected chi connectivity index (χ3v) is 5.31. The van der Waals surface area contributed by atoms with Crippen molar-refractivity contribution in [1.29, 1.82) is 0 Å². The van der Waals surface area contributed by atoms with Gasteiger partial charge in [-0.3, -0.25) is 14.3 Å². The van der Waals surface area contributed by atoms with Gasteiger partial charge in [-0.1, -0.05) is 0 Å². The summed E-state index contributed by atoms with van der Waals surface area (Å²) in [5.74, 6) is 0.375. The van der Waals surface area contributed by atoms with E-state index in [2.05, 4.69) is 15.7 Å². The first-order valence-corrected chi connectivity index (χ1v) is 9.59. The highest BCUT2D eigenvalue weighted by Gasteiger charge is 2.35. The summed E-state index contributed by atoms with van der Waals surface area (Å²) in [6.45, 7) is 2.81. The van der Waals surface area contributed by atoms with Crippen LogP contribution in [0, 0.1) is 0 Å². The van der Waals surface area contributed by atoms with Crippen molar-refractivity contribution in [2.45, 2.75) is 44.3 Å². The van der Waals surface area contributed by atoms with E-state index in [1.165, 1.54) is 0 Å². The zero-order chi connectivity index (χ0) is 18.6. The Morgan fingerprint density at radius 2 is 2.22 bits per heavy atom. The number of amides is 2. The lowest BCUT2D eigenvalue weighted by Gasteiger charge is -2.24. The molecule has 2 saturated heterocycles. The lowest BCUT2D eigenvalue weighted by atomic mass is 10.1. The van der Waals surface area contributed by atoms with Crippen LogP contribution in [0.25, 0.3) is 0 Å². The standard InChI is InChI=1S/C19H25N5O3/c25-18(21-13-15-5-3-11-27-15)17-6-2-9-23(17)19(26)16-7-10-24(22-16)14-4-1-8-20-12-14/h3,5,7,10-11,14,17,20H,1-2,4,6,8-9,12-13H2,(H,21,25). The monoisotopic (exact) mass is 371 g/mol. The second-order valence-electron chi connectivity index (χ2n) is 7.13. The Balaban J connectivity index is 1.39. The Bertz CT molecular complexity index is 779. The van der Waals surface area contributed by atoms with Gasteiger partial charge >= 0.3 is 0 Å². The second-order valence-corrected chi connectivity index (χ2v) is 7.13. The van der Waals surface area contributed by atoms with E-state index in [1.54, 1.807) is 23.3 Å². The maximum Gasteiger partial charge on any atom is 0.275 e. The Morgan fingerprint density at radius 3 is 3.00 bits per heavy atom. The molecule has 4 rings (SSSR count). The lowest BCUT2D eigenvalue weighted by molar-refractivity contribution is -0.125. The van der Waals surface area contributed by atoms with E-state index in [4.69, 9.17) is 4.42 Å². The molecule has 0 saturated carbocycles. The fraction of sp³-hybridized carbons (Fsp3) is 0.526. The minimum Gasteiger partial charge on any atom is -0.467 e. The van der Waals surface area contributed by atoms with Crippen LogP contribution in [-0.2, 0) is 11.3 Å². The minimum absolute atomic E-state index is 0.145. The Labute approximate surface area is 157 Å². The number of hydrogen-bond donors (Lipinski definition) is 2. The first kappa shape index (κ1) is 17.8. The first-order valence-electron chi connectivity index (χ1n) is 9.59. The minimum atomic E-state index is -0.450. The van der Waals surface area contributed by atoms with Crippen molar-refractivity contribution in [3.8, 4) is 0 Å². The summed E-state index contributed by atoms with van der Waals surface area (Å²) >= 11 is 0. The number of carbonyl (C=O) groups is 2. The van der Waals surface area contributed by atoms with Crippen LogP contribution in [0.4, 0.5) is 0 Å². The maximum atomic E-state index is 12.9. The molecular formula is C19H25N5O3. The molecule has 8 nitrogen and oxygen atoms in total. The maximum absolute atomic E-state index is 12.9. The van der Waals surface area contributed by atoms with Gasteiger partial charge in [0.25, 0.3) is 5.91 Å². The van der Waals surface area contributed by atoms with E-state index in [9.17, 15) is 9.59 Å². The largest absolute Gasteiger partial charge is 0.467 e. The predicted molar refractivity (Wildman–Crippen MR) is 98.0 cm³/mol. The number of carbonyl (C=O) groups excluding carboxylic acids is 2. The van der Waals surface area contributed by atoms with Crippen LogP contribution in [0.2, 0.25) is 0 Å². The van der Waals surface area contributed by atoms with Crippen LogP contribution in [0.3, 0.4) is 0 Å². The fourth-order valence-electron chi connectivity index (χ4n) is 3.85. The number of furan rings is 1. The normalized spacial score (nSPS) is 22.7. The molecule has 2 unspecified atom stereocenters. The summed E-state index contributed by atoms with van der Waals surface area (Å²) < 4.78 is 7.11. The summed E-state index contributed by atoms with van der Waals surface area (Å²) in [6.07, 6.45) is 7.10. The molecule has 2 aromatic heterocycles. The van der Waals surface area contributed by atoms with Crippen molar-refractivity contribution in [3.63, 3.8) is 0 Å². The lowest BCUT2D eigenvalue weighted by Crippen LogP contribution is -2.45. The summed E-state index contributed by atoms with van der Waals surface area (Å²) in [5.41, 5.74) is 0.409. The number of aromatic nitrogens is 2. The predicted octanol–water partition coefficient (Wildman–Crippen LogP) is 1.32. The van der Waals surface area contributed by atoms with E-state index in [0.717, 1.165) is 32.4 Å². The molecule has 0 bridgehead atoms. The third-order valence-electron chi connectivity index (χ3n) is 5.31. The van der Waals surface area contributed by atoms with Gasteiger partial charge in [-0.2, -0.15) is 5.10 Å². The van der Waals surface area contributed by atoms with Crippen LogP contribution in [0.1, 0.15) is 48.0 Å². The van der Waals surface area contributed by atoms with E-state index in [1.807, 2.05) is 16.9 Å². The molecule has 2 amide bonds. The molecule has 0 spiro atoms. The Morgan fingerprint density at radius 1 is 1.30 bits per heavy atom. The van der Waals surface area contributed by atoms with Gasteiger partial charge in [0.05, 0.1) is 18.8 Å². The molecule has 27 heavy (non-hydrogen) atoms. The van der Waals surface area contributed by atoms with Crippen LogP contribution >= 0.6 is 0 Å². The quantitative estimate of drug-likeness (QED) is 0.827. The Kier molecular flexibility index (Phi) is 5.24. The zero-order valence-corrected chi connectivity index (χ0v) is 15.3. The molecule has 0 radical (unpaired) electrons. The second kappa shape index (κ2) is 7.96. The van der Waals surface area contributed by atoms with Crippen LogP contribution in [0.15, 0.2) is 35.1 Å². The van der Waals surface area contributed by atoms with Gasteiger partial charge in [-0.15, -0.1) is 0 Å². The van der Waals surface area contributed by atoms with Gasteiger partial charge in [0.1, 0.15) is 17.5 Å². The van der Waals surface area contributed by atoms with Gasteiger partial charge in [0.15, 0.2) is 0 Å². The van der Waals surface area contributed by atoms with E-state index in [-0.39, 0.29) is 17.9 Å². The topological polar surface area (TPSA) is 92.4 Å². The van der Waals surface area contributed by atoms with Gasteiger partial charge in [0.2, 0.25) is 5.91 Å². The number of piperidine rings is 1. The van der Waals surface area contributed by atoms with Gasteiger partial charge in [-0.25, -0.2) is 0 Å². The third kappa shape index (κ3) is 3.90. The zero-order valence-electron chi connectivity index (χ0n) is 15.3. The van der Waals surface area contributed by atoms with Crippen molar-refractivity contribution in [2.24, 2.45) is 0 Å². The van der Waals surface area contributed by atoms with Crippen LogP contribution in [0.5, 0.6) is 0 Å². The summed E-state index contributed by atoms with van der Waals surface area (Å²) in [7, 11) is 0. The van der Waals surface area contributed by atoms with Crippen molar-refractivity contribution in [2.75, 3.05) is 19.6 Å². The molecule has 0 aliphatic carbocycles. The average molecular weight is 371 g/mol. The molecule has 2 fully saturated rings. The molecule has 2 atom stereocenters. The number of nitrogens with zero attached hydrogens (tertiary/aromatic N) is 3. The van der Waals surface area contributed by atoms with Crippen molar-refractivity contribution >= 4 is 11.8 Å². The Hall–Kier alpha value is -2.61. The molecule has 2 aromatic rings. The smallest absolute Gasteiger partial charge is 0.275 e. The number of nitrogens with one attached hydrogen (secondary N) is 2. The highest BCUT2D eigenvalue weighted by atomic mass is 16.3. The number of rotatable bonds is 5. The van der Waals surface area contributed by atoms with Gasteiger partial charge in [0, 0.05) is 19.3 Å². The van der Waals surface area contributed by atoms with Crippen molar-refractivity contribution < 1.29 is 14.0 Å². The molecule has 2 aliphatic heterocycles. The van der Waals surface area contributed by atoms with Crippen molar-refractivity contribution in [1.82, 2.24) is 25.3 Å². The molecule has 144 valence electrons. The molecule has 2 N–H and O–H groups in total. The van der Waals surface area contributed by atoms with E-state index in [0.29, 0.717) is 31.0 Å². The summed E-state index contributed by atoms with van der Waals surface area (Å²) in [5, 5.41) is 10.7. The van der Waals surface area contributed by atoms with Crippen molar-refractivity contribution in [3.05, 3.63) is 42.1 Å². The van der Waals surface area contributed by atoms with E-state index >= 15 is 0 Å². The van der Waals surface area contributed by atoms with Crippen LogP contribution < -0.4 is 10.6 Å². The first-order chi connectivity index (χ1) is 13.2. The van der Waals surface area contributed by atoms with Gasteiger partial charge < -0.3 is 20.0 Å². The number of hydrogen-bond acceptors (Lipinski definition) is 5. The summed E-state index contributed by atoms with van der Waals surface area (Å²) in [4.78, 5) is 27.1. The fourth-order valence-corrected chi connectivity index (χ4v) is 3.85. The van der Waals surface area contributed by atoms with E-state index < -0.39 is 6.04 Å². The average Bonchev–Trinajstić information content (AvgIpc) is 3.47.